The van der Waals surface area contributed by atoms with Crippen molar-refractivity contribution in [1.82, 2.24) is 5.32 Å². The lowest BCUT2D eigenvalue weighted by Gasteiger charge is -2.18. The molecule has 6 heteroatoms. The first-order valence-corrected chi connectivity index (χ1v) is 8.69. The molecule has 0 saturated carbocycles. The summed E-state index contributed by atoms with van der Waals surface area (Å²) < 4.78 is 5.14. The summed E-state index contributed by atoms with van der Waals surface area (Å²) >= 11 is 11.9. The van der Waals surface area contributed by atoms with Gasteiger partial charge < -0.3 is 10.1 Å². The van der Waals surface area contributed by atoms with Gasteiger partial charge in [0.1, 0.15) is 6.04 Å². The van der Waals surface area contributed by atoms with E-state index in [0.717, 1.165) is 6.42 Å². The Bertz CT molecular complexity index is 600. The zero-order chi connectivity index (χ0) is 18.1. The van der Waals surface area contributed by atoms with Gasteiger partial charge in [0.2, 0.25) is 5.91 Å². The molecule has 0 saturated heterocycles. The van der Waals surface area contributed by atoms with Crippen LogP contribution in [-0.4, -0.2) is 24.5 Å². The number of benzene rings is 1. The summed E-state index contributed by atoms with van der Waals surface area (Å²) in [6.07, 6.45) is 4.18. The van der Waals surface area contributed by atoms with Crippen molar-refractivity contribution in [3.63, 3.8) is 0 Å². The first kappa shape index (κ1) is 20.5. The molecule has 132 valence electrons. The van der Waals surface area contributed by atoms with E-state index in [1.165, 1.54) is 6.08 Å². The van der Waals surface area contributed by atoms with Gasteiger partial charge in [-0.3, -0.25) is 4.79 Å². The minimum atomic E-state index is -0.658. The van der Waals surface area contributed by atoms with E-state index in [1.807, 2.05) is 20.8 Å². The third-order valence-corrected chi connectivity index (χ3v) is 3.70. The van der Waals surface area contributed by atoms with Crippen molar-refractivity contribution in [2.45, 2.75) is 39.7 Å². The van der Waals surface area contributed by atoms with Gasteiger partial charge in [0, 0.05) is 16.1 Å². The highest BCUT2D eigenvalue weighted by Crippen LogP contribution is 2.21. The quantitative estimate of drug-likeness (QED) is 0.540. The zero-order valence-corrected chi connectivity index (χ0v) is 15.7. The van der Waals surface area contributed by atoms with Crippen molar-refractivity contribution in [3.8, 4) is 0 Å². The number of carbonyl (C=O) groups is 2. The van der Waals surface area contributed by atoms with Crippen molar-refractivity contribution in [1.29, 1.82) is 0 Å². The molecule has 1 aromatic rings. The highest BCUT2D eigenvalue weighted by molar-refractivity contribution is 6.35. The number of carbonyl (C=O) groups excluding carboxylic acids is 2. The molecule has 0 bridgehead atoms. The molecule has 1 N–H and O–H groups in total. The number of esters is 1. The van der Waals surface area contributed by atoms with Gasteiger partial charge in [-0.25, -0.2) is 4.79 Å². The molecule has 0 spiro atoms. The largest absolute Gasteiger partial charge is 0.464 e. The van der Waals surface area contributed by atoms with E-state index in [2.05, 4.69) is 5.32 Å². The molecule has 1 rings (SSSR count). The number of halogens is 2. The molecule has 1 aromatic carbocycles. The predicted molar refractivity (Wildman–Crippen MR) is 98.1 cm³/mol. The van der Waals surface area contributed by atoms with E-state index < -0.39 is 12.0 Å². The monoisotopic (exact) mass is 371 g/mol. The first-order chi connectivity index (χ1) is 11.3. The van der Waals surface area contributed by atoms with Crippen LogP contribution in [0, 0.1) is 5.92 Å². The molecular weight excluding hydrogens is 349 g/mol. The Morgan fingerprint density at radius 2 is 2.00 bits per heavy atom. The van der Waals surface area contributed by atoms with Crippen LogP contribution < -0.4 is 5.32 Å². The van der Waals surface area contributed by atoms with Crippen molar-refractivity contribution >= 4 is 41.2 Å². The average molecular weight is 372 g/mol. The second-order valence-corrected chi connectivity index (χ2v) is 6.70. The summed E-state index contributed by atoms with van der Waals surface area (Å²) in [7, 11) is 0. The molecule has 0 aromatic heterocycles. The van der Waals surface area contributed by atoms with Gasteiger partial charge in [-0.05, 0) is 42.5 Å². The van der Waals surface area contributed by atoms with Gasteiger partial charge in [-0.15, -0.1) is 0 Å². The highest BCUT2D eigenvalue weighted by Gasteiger charge is 2.22. The molecule has 0 fully saturated rings. The highest BCUT2D eigenvalue weighted by atomic mass is 35.5. The lowest BCUT2D eigenvalue weighted by Crippen LogP contribution is -2.42. The molecule has 0 heterocycles. The summed E-state index contributed by atoms with van der Waals surface area (Å²) in [6, 6.07) is 4.35. The van der Waals surface area contributed by atoms with Gasteiger partial charge in [0.15, 0.2) is 0 Å². The molecule has 0 aliphatic carbocycles. The molecule has 24 heavy (non-hydrogen) atoms. The molecule has 1 amide bonds. The Balaban J connectivity index is 2.72. The summed E-state index contributed by atoms with van der Waals surface area (Å²) in [5, 5.41) is 3.67. The Morgan fingerprint density at radius 3 is 2.58 bits per heavy atom. The third-order valence-electron chi connectivity index (χ3n) is 3.13. The molecule has 4 nitrogen and oxygen atoms in total. The van der Waals surface area contributed by atoms with Crippen LogP contribution in [0.4, 0.5) is 0 Å². The van der Waals surface area contributed by atoms with Crippen LogP contribution in [0.3, 0.4) is 0 Å². The van der Waals surface area contributed by atoms with Crippen molar-refractivity contribution < 1.29 is 14.3 Å². The van der Waals surface area contributed by atoms with Crippen molar-refractivity contribution in [3.05, 3.63) is 39.9 Å². The number of amides is 1. The molecule has 0 aliphatic rings. The van der Waals surface area contributed by atoms with Crippen molar-refractivity contribution in [2.24, 2.45) is 5.92 Å². The van der Waals surface area contributed by atoms with Gasteiger partial charge in [-0.1, -0.05) is 50.0 Å². The van der Waals surface area contributed by atoms with Crippen molar-refractivity contribution in [2.75, 3.05) is 6.61 Å². The Hall–Kier alpha value is -1.52. The standard InChI is InChI=1S/C18H23Cl2NO3/c1-4-9-24-18(23)16(10-12(2)3)21-17(22)8-6-13-5-7-14(19)11-15(13)20/h5-8,11-12,16H,4,9-10H2,1-3H3,(H,21,22)/b8-6+/t16-/m1/s1. The van der Waals surface area contributed by atoms with Gasteiger partial charge in [-0.2, -0.15) is 0 Å². The van der Waals surface area contributed by atoms with Crippen LogP contribution in [0.25, 0.3) is 6.08 Å². The summed E-state index contributed by atoms with van der Waals surface area (Å²) in [5.74, 6) is -0.531. The molecular formula is C18H23Cl2NO3. The minimum absolute atomic E-state index is 0.249. The maximum Gasteiger partial charge on any atom is 0.328 e. The van der Waals surface area contributed by atoms with Gasteiger partial charge in [0.25, 0.3) is 0 Å². The van der Waals surface area contributed by atoms with E-state index in [9.17, 15) is 9.59 Å². The van der Waals surface area contributed by atoms with E-state index in [-0.39, 0.29) is 11.8 Å². The first-order valence-electron chi connectivity index (χ1n) is 7.93. The van der Waals surface area contributed by atoms with E-state index in [1.54, 1.807) is 24.3 Å². The Kier molecular flexibility index (Phi) is 8.87. The molecule has 1 atom stereocenters. The Labute approximate surface area is 153 Å². The maximum atomic E-state index is 12.1. The number of nitrogens with one attached hydrogen (secondary N) is 1. The van der Waals surface area contributed by atoms with Crippen LogP contribution in [-0.2, 0) is 14.3 Å². The topological polar surface area (TPSA) is 55.4 Å². The second-order valence-electron chi connectivity index (χ2n) is 5.86. The van der Waals surface area contributed by atoms with E-state index in [4.69, 9.17) is 27.9 Å². The summed E-state index contributed by atoms with van der Waals surface area (Å²) in [5.41, 5.74) is 0.671. The van der Waals surface area contributed by atoms with E-state index >= 15 is 0 Å². The van der Waals surface area contributed by atoms with Crippen LogP contribution in [0.5, 0.6) is 0 Å². The lowest BCUT2D eigenvalue weighted by atomic mass is 10.0. The molecule has 0 radical (unpaired) electrons. The fraction of sp³-hybridized carbons (Fsp3) is 0.444. The molecule has 0 aliphatic heterocycles. The lowest BCUT2D eigenvalue weighted by molar-refractivity contribution is -0.148. The number of hydrogen-bond acceptors (Lipinski definition) is 3. The number of ether oxygens (including phenoxy) is 1. The zero-order valence-electron chi connectivity index (χ0n) is 14.1. The maximum absolute atomic E-state index is 12.1. The van der Waals surface area contributed by atoms with Crippen LogP contribution in [0.1, 0.15) is 39.2 Å². The van der Waals surface area contributed by atoms with E-state index in [0.29, 0.717) is 28.6 Å². The smallest absolute Gasteiger partial charge is 0.328 e. The van der Waals surface area contributed by atoms with Gasteiger partial charge >= 0.3 is 5.97 Å². The summed E-state index contributed by atoms with van der Waals surface area (Å²) in [4.78, 5) is 24.1. The predicted octanol–water partition coefficient (Wildman–Crippen LogP) is 4.49. The Morgan fingerprint density at radius 1 is 1.29 bits per heavy atom. The fourth-order valence-electron chi connectivity index (χ4n) is 2.01. The SMILES string of the molecule is CCCOC(=O)[C@@H](CC(C)C)NC(=O)/C=C/c1ccc(Cl)cc1Cl. The van der Waals surface area contributed by atoms with Crippen LogP contribution in [0.2, 0.25) is 10.0 Å². The molecule has 0 unspecified atom stereocenters. The second kappa shape index (κ2) is 10.4. The summed E-state index contributed by atoms with van der Waals surface area (Å²) in [6.45, 7) is 6.23. The number of hydrogen-bond donors (Lipinski definition) is 1. The van der Waals surface area contributed by atoms with Crippen LogP contribution >= 0.6 is 23.2 Å². The normalized spacial score (nSPS) is 12.4. The average Bonchev–Trinajstić information content (AvgIpc) is 2.50. The minimum Gasteiger partial charge on any atom is -0.464 e. The van der Waals surface area contributed by atoms with Gasteiger partial charge in [0.05, 0.1) is 6.61 Å². The third kappa shape index (κ3) is 7.37. The number of rotatable bonds is 8. The van der Waals surface area contributed by atoms with Crippen LogP contribution in [0.15, 0.2) is 24.3 Å². The fourth-order valence-corrected chi connectivity index (χ4v) is 2.48.